The average molecular weight is 1070 g/mol. The van der Waals surface area contributed by atoms with Crippen LogP contribution >= 0.6 is 0 Å². The summed E-state index contributed by atoms with van der Waals surface area (Å²) >= 11 is 0. The van der Waals surface area contributed by atoms with E-state index in [1.54, 1.807) is 0 Å². The Bertz CT molecular complexity index is 1670. The van der Waals surface area contributed by atoms with Crippen LogP contribution in [0.25, 0.3) is 0 Å². The van der Waals surface area contributed by atoms with E-state index in [1.165, 1.54) is 6.92 Å². The largest absolute Gasteiger partial charge is 0.394 e. The molecule has 0 aromatic rings. The van der Waals surface area contributed by atoms with E-state index in [0.717, 1.165) is 0 Å². The summed E-state index contributed by atoms with van der Waals surface area (Å²) < 4.78 is 74.9. The van der Waals surface area contributed by atoms with Crippen molar-refractivity contribution in [3.8, 4) is 0 Å². The Labute approximate surface area is 414 Å². The third-order valence-corrected chi connectivity index (χ3v) is 14.0. The van der Waals surface area contributed by atoms with Crippen molar-refractivity contribution in [1.29, 1.82) is 0 Å². The molecule has 0 radical (unpaired) electrons. The summed E-state index contributed by atoms with van der Waals surface area (Å²) in [4.78, 5) is 0. The maximum Gasteiger partial charge on any atom is 0.187 e. The van der Waals surface area contributed by atoms with Crippen LogP contribution in [-0.4, -0.2) is 340 Å². The molecule has 22 saturated heterocycles. The van der Waals surface area contributed by atoms with Crippen molar-refractivity contribution in [3.05, 3.63) is 0 Å². The van der Waals surface area contributed by atoms with Crippen LogP contribution in [0.4, 0.5) is 0 Å². The SMILES string of the molecule is CCC(O)C(O)CO[C@@H]1[C@@H](O)[C@H]2O[C@H]3[C@H](O)[C@@H](O)[C@@H](O[C@H]4[C@H](O)[C@@H](O)[C@@H](O[C@H]5[C@H](O)[C@@H](O)[C@@H](O[C@H]6[C@H](O)[C@@H](O)[C@@H](O[C@H]7[C@H](O)[C@@H](O)[C@@H](O[C@H]1[C@@H](CO)O2)O[C@@H]7CO)O[C@@H]6CO)O[C@@H]5CO)O[C@@H]4CO)O[C@@H]3CO. The van der Waals surface area contributed by atoms with E-state index in [4.69, 9.17) is 61.6 Å². The molecule has 426 valence electrons. The van der Waals surface area contributed by atoms with E-state index in [9.17, 15) is 97.0 Å². The van der Waals surface area contributed by atoms with Crippen LogP contribution in [0, 0.1) is 0 Å². The van der Waals surface area contributed by atoms with Gasteiger partial charge in [0.05, 0.1) is 52.4 Å². The van der Waals surface area contributed by atoms with Crippen molar-refractivity contribution in [2.24, 2.45) is 0 Å². The summed E-state index contributed by atoms with van der Waals surface area (Å²) in [6.07, 6.45) is -61.9. The summed E-state index contributed by atoms with van der Waals surface area (Å²) in [5.41, 5.74) is 0. The lowest BCUT2D eigenvalue weighted by atomic mass is 9.94. The topological polar surface area (TPSA) is 504 Å². The van der Waals surface area contributed by atoms with Crippen LogP contribution in [0.2, 0.25) is 0 Å². The van der Waals surface area contributed by atoms with Gasteiger partial charge in [0.15, 0.2) is 37.7 Å². The van der Waals surface area contributed by atoms with E-state index >= 15 is 0 Å². The molecule has 22 rings (SSSR count). The van der Waals surface area contributed by atoms with Gasteiger partial charge in [0.25, 0.3) is 0 Å². The van der Waals surface area contributed by atoms with Crippen molar-refractivity contribution in [1.82, 2.24) is 0 Å². The lowest BCUT2D eigenvalue weighted by Gasteiger charge is -2.51. The van der Waals surface area contributed by atoms with Crippen molar-refractivity contribution < 1.29 is 159 Å². The van der Waals surface area contributed by atoms with Gasteiger partial charge in [-0.05, 0) is 6.42 Å². The molecule has 73 heavy (non-hydrogen) atoms. The molecule has 19 N–H and O–H groups in total. The van der Waals surface area contributed by atoms with Crippen LogP contribution in [-0.2, 0) is 61.6 Å². The van der Waals surface area contributed by atoms with Gasteiger partial charge in [0.1, 0.15) is 153 Å². The van der Waals surface area contributed by atoms with E-state index in [2.05, 4.69) is 0 Å². The van der Waals surface area contributed by atoms with Crippen LogP contribution < -0.4 is 0 Å². The monoisotopic (exact) mass is 1070 g/mol. The molecule has 32 nitrogen and oxygen atoms in total. The van der Waals surface area contributed by atoms with Gasteiger partial charge in [-0.1, -0.05) is 6.92 Å². The van der Waals surface area contributed by atoms with Gasteiger partial charge in [-0.2, -0.15) is 0 Å². The Hall–Kier alpha value is -1.28. The van der Waals surface area contributed by atoms with E-state index in [1.807, 2.05) is 0 Å². The molecule has 0 amide bonds. The minimum absolute atomic E-state index is 0.0311. The van der Waals surface area contributed by atoms with Gasteiger partial charge in [-0.3, -0.25) is 0 Å². The Balaban J connectivity index is 1.22. The molecule has 2 unspecified atom stereocenters. The zero-order valence-electron chi connectivity index (χ0n) is 38.9. The second kappa shape index (κ2) is 25.7. The predicted octanol–water partition coefficient (Wildman–Crippen LogP) is -12.9. The molecule has 12 bridgehead atoms. The van der Waals surface area contributed by atoms with Crippen LogP contribution in [0.15, 0.2) is 0 Å². The van der Waals surface area contributed by atoms with Crippen molar-refractivity contribution in [2.45, 2.75) is 210 Å². The van der Waals surface area contributed by atoms with Crippen LogP contribution in [0.3, 0.4) is 0 Å². The summed E-state index contributed by atoms with van der Waals surface area (Å²) in [5.74, 6) is 0. The van der Waals surface area contributed by atoms with Crippen LogP contribution in [0.5, 0.6) is 0 Å². The third-order valence-electron chi connectivity index (χ3n) is 14.0. The van der Waals surface area contributed by atoms with Crippen molar-refractivity contribution in [2.75, 3.05) is 46.2 Å². The Morgan fingerprint density at radius 3 is 0.753 bits per heavy atom. The highest BCUT2D eigenvalue weighted by molar-refractivity contribution is 5.01. The second-order valence-corrected chi connectivity index (χ2v) is 18.7. The van der Waals surface area contributed by atoms with Gasteiger partial charge in [-0.25, -0.2) is 0 Å². The first-order chi connectivity index (χ1) is 34.8. The molecular weight excluding hydrogens is 1000 g/mol. The molecule has 22 heterocycles. The highest BCUT2D eigenvalue weighted by atomic mass is 16.8. The maximum absolute atomic E-state index is 11.8. The van der Waals surface area contributed by atoms with Gasteiger partial charge < -0.3 is 159 Å². The van der Waals surface area contributed by atoms with E-state index < -0.39 is 243 Å². The molecule has 32 atom stereocenters. The Morgan fingerprint density at radius 2 is 0.521 bits per heavy atom. The number of rotatable bonds is 11. The van der Waals surface area contributed by atoms with Gasteiger partial charge >= 0.3 is 0 Å². The zero-order chi connectivity index (χ0) is 53.3. The predicted molar refractivity (Wildman–Crippen MR) is 222 cm³/mol. The van der Waals surface area contributed by atoms with Crippen LogP contribution in [0.1, 0.15) is 13.3 Å². The molecule has 22 aliphatic heterocycles. The molecule has 0 aromatic heterocycles. The molecule has 0 spiro atoms. The molecule has 22 fully saturated rings. The van der Waals surface area contributed by atoms with Gasteiger partial charge in [-0.15, -0.1) is 0 Å². The summed E-state index contributed by atoms with van der Waals surface area (Å²) in [6, 6.07) is 0. The van der Waals surface area contributed by atoms with Crippen molar-refractivity contribution >= 4 is 0 Å². The maximum atomic E-state index is 11.8. The normalized spacial score (nSPS) is 52.1. The zero-order valence-corrected chi connectivity index (χ0v) is 38.9. The fourth-order valence-corrected chi connectivity index (χ4v) is 9.70. The third kappa shape index (κ3) is 12.2. The number of aliphatic hydroxyl groups is 19. The molecule has 0 aromatic carbocycles. The summed E-state index contributed by atoms with van der Waals surface area (Å²) in [6.45, 7) is -5.34. The molecule has 32 heteroatoms. The number of hydrogen-bond donors (Lipinski definition) is 19. The number of ether oxygens (including phenoxy) is 13. The van der Waals surface area contributed by atoms with Gasteiger partial charge in [0.2, 0.25) is 0 Å². The lowest BCUT2D eigenvalue weighted by Crippen LogP contribution is -2.69. The first-order valence-corrected chi connectivity index (χ1v) is 23.7. The minimum atomic E-state index is -2.19. The van der Waals surface area contributed by atoms with Crippen molar-refractivity contribution in [3.63, 3.8) is 0 Å². The smallest absolute Gasteiger partial charge is 0.187 e. The highest BCUT2D eigenvalue weighted by Crippen LogP contribution is 2.38. The summed E-state index contributed by atoms with van der Waals surface area (Å²) in [5, 5.41) is 208. The molecule has 0 aliphatic carbocycles. The lowest BCUT2D eigenvalue weighted by molar-refractivity contribution is -0.405. The molecule has 0 saturated carbocycles. The van der Waals surface area contributed by atoms with E-state index in [-0.39, 0.29) is 6.42 Å². The fraction of sp³-hybridized carbons (Fsp3) is 1.00. The molecular formula is C41H70O32. The standard InChI is InChI=1S/C41H70O32/c1-2-10(48)11(49)9-61-35-28(60)41-67-17(8-47)34(35)73-40-27(59)22(54)32(15(6-45)66-40)71-38-25(57)20(52)30(13(4-43)64-38)69-36-23(55)18(50)29(12(3-42)62-36)68-37-24(56)19(51)31(14(5-44)63-37)70-39-26(58)21(53)33(72-41)16(7-46)65-39/h10-60H,2-9H2,1H3/t10?,11?,12-,13-,14-,15-,16-,17-,18-,19-,20-,21-,22-,23-,24-,25-,26-,27-,28-,29-,30-,31-,32-,33-,34+,35-,36-,37-,38-,39-,40-,41-/m1/s1. The van der Waals surface area contributed by atoms with E-state index in [0.29, 0.717) is 0 Å². The van der Waals surface area contributed by atoms with Gasteiger partial charge in [0, 0.05) is 0 Å². The summed E-state index contributed by atoms with van der Waals surface area (Å²) in [7, 11) is 0. The average Bonchev–Trinajstić information content (AvgIpc) is 3.38. The second-order valence-electron chi connectivity index (χ2n) is 18.7. The highest BCUT2D eigenvalue weighted by Gasteiger charge is 2.59. The number of aliphatic hydroxyl groups excluding tert-OH is 19. The number of hydrogen-bond acceptors (Lipinski definition) is 32. The quantitative estimate of drug-likeness (QED) is 0.0913. The first kappa shape index (κ1) is 59.4. The molecule has 22 aliphatic rings. The Kier molecular flexibility index (Phi) is 20.9. The Morgan fingerprint density at radius 1 is 0.301 bits per heavy atom. The fourth-order valence-electron chi connectivity index (χ4n) is 9.70. The minimum Gasteiger partial charge on any atom is -0.394 e. The first-order valence-electron chi connectivity index (χ1n) is 23.7.